The standard InChI is InChI=1S/C29H31Cl2N7O3/c1-17(26-21(30)11-33-12-22(26)31)41-25-7-20-23(8-24(25)40-5)38(16-39)35-27(20)19-6-18(9-32)28(34-10-19)37-14-29(2,15-37)13-36(3)4/h6-8,10-12,17,39H,13-16H2,1-5H3/t17-/m1/s1. The SMILES string of the molecule is COc1cc2c(cc1O[C@H](C)c1c(Cl)cncc1Cl)c(-c1cnc(N3CC(C)(CN(C)C)C3)c(C#N)c1)nn2CO. The summed E-state index contributed by atoms with van der Waals surface area (Å²) in [5, 5.41) is 26.2. The average Bonchev–Trinajstić information content (AvgIpc) is 3.27. The normalized spacial score (nSPS) is 15.1. The molecule has 12 heteroatoms. The number of aromatic nitrogens is 4. The van der Waals surface area contributed by atoms with Crippen molar-refractivity contribution < 1.29 is 14.6 Å². The molecule has 1 aliphatic rings. The minimum Gasteiger partial charge on any atom is -0.493 e. The quantitative estimate of drug-likeness (QED) is 0.280. The molecule has 1 saturated heterocycles. The molecule has 5 rings (SSSR count). The summed E-state index contributed by atoms with van der Waals surface area (Å²) in [6.07, 6.45) is 4.21. The smallest absolute Gasteiger partial charge is 0.162 e. The summed E-state index contributed by atoms with van der Waals surface area (Å²) >= 11 is 12.7. The van der Waals surface area contributed by atoms with Crippen LogP contribution in [0.2, 0.25) is 10.0 Å². The predicted molar refractivity (Wildman–Crippen MR) is 159 cm³/mol. The van der Waals surface area contributed by atoms with E-state index < -0.39 is 6.10 Å². The summed E-state index contributed by atoms with van der Waals surface area (Å²) in [4.78, 5) is 13.0. The fraction of sp³-hybridized carbons (Fsp3) is 0.379. The van der Waals surface area contributed by atoms with Crippen molar-refractivity contribution in [1.82, 2.24) is 24.6 Å². The molecule has 41 heavy (non-hydrogen) atoms. The molecule has 1 aromatic carbocycles. The van der Waals surface area contributed by atoms with Crippen LogP contribution < -0.4 is 14.4 Å². The number of halogens is 2. The second-order valence-electron chi connectivity index (χ2n) is 10.9. The Morgan fingerprint density at radius 2 is 1.85 bits per heavy atom. The van der Waals surface area contributed by atoms with Crippen LogP contribution in [0.15, 0.2) is 36.8 Å². The van der Waals surface area contributed by atoms with Crippen LogP contribution in [-0.2, 0) is 6.73 Å². The lowest BCUT2D eigenvalue weighted by atomic mass is 9.81. The van der Waals surface area contributed by atoms with Crippen molar-refractivity contribution in [3.63, 3.8) is 0 Å². The number of methoxy groups -OCH3 is 1. The summed E-state index contributed by atoms with van der Waals surface area (Å²) < 4.78 is 13.4. The highest BCUT2D eigenvalue weighted by Crippen LogP contribution is 2.41. The third-order valence-electron chi connectivity index (χ3n) is 7.17. The molecule has 4 heterocycles. The van der Waals surface area contributed by atoms with Crippen LogP contribution in [0.4, 0.5) is 5.82 Å². The first-order chi connectivity index (χ1) is 19.6. The van der Waals surface area contributed by atoms with E-state index in [1.165, 1.54) is 24.2 Å². The van der Waals surface area contributed by atoms with Gasteiger partial charge in [-0.15, -0.1) is 0 Å². The third kappa shape index (κ3) is 5.51. The minimum absolute atomic E-state index is 0.143. The summed E-state index contributed by atoms with van der Waals surface area (Å²) in [5.41, 5.74) is 3.02. The van der Waals surface area contributed by atoms with Gasteiger partial charge in [0.2, 0.25) is 0 Å². The molecule has 0 radical (unpaired) electrons. The van der Waals surface area contributed by atoms with Crippen molar-refractivity contribution in [2.45, 2.75) is 26.7 Å². The van der Waals surface area contributed by atoms with Crippen LogP contribution in [0, 0.1) is 16.7 Å². The fourth-order valence-electron chi connectivity index (χ4n) is 5.62. The van der Waals surface area contributed by atoms with Gasteiger partial charge in [0, 0.05) is 66.2 Å². The molecular weight excluding hydrogens is 565 g/mol. The molecule has 0 unspecified atom stereocenters. The van der Waals surface area contributed by atoms with Crippen LogP contribution >= 0.6 is 23.2 Å². The van der Waals surface area contributed by atoms with Gasteiger partial charge >= 0.3 is 0 Å². The topological polar surface area (TPSA) is 113 Å². The van der Waals surface area contributed by atoms with E-state index >= 15 is 0 Å². The van der Waals surface area contributed by atoms with Gasteiger partial charge in [-0.3, -0.25) is 4.98 Å². The number of hydrogen-bond donors (Lipinski definition) is 1. The molecule has 0 spiro atoms. The zero-order chi connectivity index (χ0) is 29.5. The Morgan fingerprint density at radius 3 is 2.46 bits per heavy atom. The molecule has 0 amide bonds. The number of pyridine rings is 2. The Balaban J connectivity index is 1.53. The Hall–Kier alpha value is -3.62. The van der Waals surface area contributed by atoms with Gasteiger partial charge in [-0.2, -0.15) is 10.4 Å². The van der Waals surface area contributed by atoms with Crippen molar-refractivity contribution in [2.24, 2.45) is 5.41 Å². The zero-order valence-corrected chi connectivity index (χ0v) is 25.0. The number of nitrogens with zero attached hydrogens (tertiary/aromatic N) is 7. The number of benzene rings is 1. The second-order valence-corrected chi connectivity index (χ2v) is 11.7. The summed E-state index contributed by atoms with van der Waals surface area (Å²) in [7, 11) is 5.66. The van der Waals surface area contributed by atoms with Gasteiger partial charge in [-0.25, -0.2) is 9.67 Å². The molecule has 1 N–H and O–H groups in total. The first-order valence-electron chi connectivity index (χ1n) is 13.0. The number of nitriles is 1. The van der Waals surface area contributed by atoms with E-state index in [1.54, 1.807) is 24.4 Å². The highest BCUT2D eigenvalue weighted by Gasteiger charge is 2.40. The lowest BCUT2D eigenvalue weighted by molar-refractivity contribution is 0.170. The van der Waals surface area contributed by atoms with Crippen LogP contribution in [0.1, 0.15) is 31.1 Å². The Kier molecular flexibility index (Phi) is 7.99. The zero-order valence-electron chi connectivity index (χ0n) is 23.5. The Bertz CT molecular complexity index is 1620. The lowest BCUT2D eigenvalue weighted by Gasteiger charge is -2.50. The van der Waals surface area contributed by atoms with Crippen molar-refractivity contribution in [2.75, 3.05) is 45.7 Å². The third-order valence-corrected chi connectivity index (χ3v) is 7.78. The van der Waals surface area contributed by atoms with E-state index in [0.717, 1.165) is 19.6 Å². The molecular formula is C29H31Cl2N7O3. The molecule has 0 aliphatic carbocycles. The summed E-state index contributed by atoms with van der Waals surface area (Å²) in [5.74, 6) is 1.53. The number of rotatable bonds is 9. The van der Waals surface area contributed by atoms with Crippen LogP contribution in [-0.4, -0.2) is 70.6 Å². The number of hydrogen-bond acceptors (Lipinski definition) is 9. The average molecular weight is 597 g/mol. The van der Waals surface area contributed by atoms with Gasteiger partial charge in [0.05, 0.1) is 28.2 Å². The maximum absolute atomic E-state index is 10.1. The molecule has 3 aromatic heterocycles. The number of ether oxygens (including phenoxy) is 2. The van der Waals surface area contributed by atoms with Crippen LogP contribution in [0.5, 0.6) is 11.5 Å². The summed E-state index contributed by atoms with van der Waals surface area (Å²) in [6.45, 7) is 6.31. The number of aliphatic hydroxyl groups is 1. The first-order valence-corrected chi connectivity index (χ1v) is 13.8. The van der Waals surface area contributed by atoms with Gasteiger partial charge < -0.3 is 24.4 Å². The number of aliphatic hydroxyl groups excluding tert-OH is 1. The van der Waals surface area contributed by atoms with Crippen molar-refractivity contribution >= 4 is 39.9 Å². The van der Waals surface area contributed by atoms with Gasteiger partial charge in [0.25, 0.3) is 0 Å². The molecule has 1 fully saturated rings. The van der Waals surface area contributed by atoms with Crippen molar-refractivity contribution in [3.05, 3.63) is 58.0 Å². The highest BCUT2D eigenvalue weighted by molar-refractivity contribution is 6.35. The summed E-state index contributed by atoms with van der Waals surface area (Å²) in [6, 6.07) is 7.64. The van der Waals surface area contributed by atoms with Crippen LogP contribution in [0.3, 0.4) is 0 Å². The monoisotopic (exact) mass is 595 g/mol. The second kappa shape index (κ2) is 11.3. The van der Waals surface area contributed by atoms with Crippen molar-refractivity contribution in [3.8, 4) is 28.8 Å². The number of anilines is 1. The van der Waals surface area contributed by atoms with Crippen LogP contribution in [0.25, 0.3) is 22.2 Å². The number of fused-ring (bicyclic) bond motifs is 1. The molecule has 214 valence electrons. The maximum Gasteiger partial charge on any atom is 0.162 e. The largest absolute Gasteiger partial charge is 0.493 e. The lowest BCUT2D eigenvalue weighted by Crippen LogP contribution is -2.59. The van der Waals surface area contributed by atoms with Gasteiger partial charge in [0.1, 0.15) is 30.4 Å². The van der Waals surface area contributed by atoms with Gasteiger partial charge in [-0.1, -0.05) is 30.1 Å². The van der Waals surface area contributed by atoms with E-state index in [9.17, 15) is 10.4 Å². The molecule has 0 saturated carbocycles. The Morgan fingerprint density at radius 1 is 1.15 bits per heavy atom. The van der Waals surface area contributed by atoms with Crippen molar-refractivity contribution in [1.29, 1.82) is 5.26 Å². The maximum atomic E-state index is 10.1. The van der Waals surface area contributed by atoms with E-state index in [0.29, 0.717) is 60.6 Å². The van der Waals surface area contributed by atoms with E-state index in [4.69, 9.17) is 32.7 Å². The molecule has 10 nitrogen and oxygen atoms in total. The fourth-order valence-corrected chi connectivity index (χ4v) is 6.29. The first kappa shape index (κ1) is 28.9. The van der Waals surface area contributed by atoms with Gasteiger partial charge in [0.15, 0.2) is 11.5 Å². The van der Waals surface area contributed by atoms with E-state index in [1.807, 2.05) is 6.92 Å². The minimum atomic E-state index is -0.526. The van der Waals surface area contributed by atoms with E-state index in [2.05, 4.69) is 52.0 Å². The van der Waals surface area contributed by atoms with E-state index in [-0.39, 0.29) is 12.1 Å². The highest BCUT2D eigenvalue weighted by atomic mass is 35.5. The van der Waals surface area contributed by atoms with Gasteiger partial charge in [-0.05, 0) is 33.2 Å². The molecule has 1 atom stereocenters. The molecule has 0 bridgehead atoms. The molecule has 1 aliphatic heterocycles. The predicted octanol–water partition coefficient (Wildman–Crippen LogP) is 5.16. The Labute approximate surface area is 248 Å². The molecule has 4 aromatic rings.